The molecule has 0 spiro atoms. The third-order valence-corrected chi connectivity index (χ3v) is 4.02. The summed E-state index contributed by atoms with van der Waals surface area (Å²) in [5.74, 6) is 1.04. The summed E-state index contributed by atoms with van der Waals surface area (Å²) in [7, 11) is 1.77. The molecule has 1 aromatic carbocycles. The predicted octanol–water partition coefficient (Wildman–Crippen LogP) is 2.54. The molecule has 0 N–H and O–H groups in total. The topological polar surface area (TPSA) is 65.1 Å². The Morgan fingerprint density at radius 1 is 1.29 bits per heavy atom. The zero-order chi connectivity index (χ0) is 17.9. The van der Waals surface area contributed by atoms with Gasteiger partial charge in [-0.05, 0) is 44.9 Å². The van der Waals surface area contributed by atoms with Gasteiger partial charge < -0.3 is 19.1 Å². The molecule has 0 aliphatic carbocycles. The number of amides is 1. The van der Waals surface area contributed by atoms with Crippen LogP contribution in [0.5, 0.6) is 11.5 Å². The first-order valence-electron chi connectivity index (χ1n) is 8.02. The van der Waals surface area contributed by atoms with Crippen LogP contribution < -0.4 is 9.47 Å². The number of rotatable bonds is 6. The molecule has 0 bridgehead atoms. The molecular weight excluding hydrogens is 310 g/mol. The minimum Gasteiger partial charge on any atom is -0.459 e. The maximum Gasteiger partial charge on any atom is 0.303 e. The second kappa shape index (κ2) is 7.11. The van der Waals surface area contributed by atoms with Crippen LogP contribution in [0.1, 0.15) is 39.7 Å². The molecule has 1 heterocycles. The Bertz CT molecular complexity index is 626. The summed E-state index contributed by atoms with van der Waals surface area (Å²) in [5.41, 5.74) is 0.265. The third-order valence-electron chi connectivity index (χ3n) is 4.02. The first-order valence-corrected chi connectivity index (χ1v) is 8.02. The molecule has 0 saturated carbocycles. The molecule has 1 unspecified atom stereocenters. The molecule has 0 saturated heterocycles. The van der Waals surface area contributed by atoms with E-state index in [4.69, 9.17) is 14.2 Å². The lowest BCUT2D eigenvalue weighted by atomic mass is 10.0. The van der Waals surface area contributed by atoms with Crippen LogP contribution in [-0.4, -0.2) is 42.3 Å². The van der Waals surface area contributed by atoms with Crippen LogP contribution in [0.15, 0.2) is 18.2 Å². The second-order valence-electron chi connectivity index (χ2n) is 6.78. The summed E-state index contributed by atoms with van der Waals surface area (Å²) in [5, 5.41) is 0. The van der Waals surface area contributed by atoms with Gasteiger partial charge in [0.05, 0.1) is 6.42 Å². The van der Waals surface area contributed by atoms with Gasteiger partial charge in [0, 0.05) is 20.0 Å². The van der Waals surface area contributed by atoms with Crippen molar-refractivity contribution < 1.29 is 23.8 Å². The van der Waals surface area contributed by atoms with E-state index in [1.807, 2.05) is 25.1 Å². The molecule has 0 aromatic heterocycles. The molecule has 1 aliphatic rings. The van der Waals surface area contributed by atoms with Gasteiger partial charge >= 0.3 is 5.97 Å². The Balaban J connectivity index is 1.95. The van der Waals surface area contributed by atoms with Crippen molar-refractivity contribution in [3.05, 3.63) is 23.8 Å². The normalized spacial score (nSPS) is 14.2. The smallest absolute Gasteiger partial charge is 0.303 e. The van der Waals surface area contributed by atoms with Crippen molar-refractivity contribution in [3.63, 3.8) is 0 Å². The quantitative estimate of drug-likeness (QED) is 0.748. The van der Waals surface area contributed by atoms with E-state index >= 15 is 0 Å². The van der Waals surface area contributed by atoms with E-state index in [-0.39, 0.29) is 31.1 Å². The highest BCUT2D eigenvalue weighted by Crippen LogP contribution is 2.33. The van der Waals surface area contributed by atoms with Gasteiger partial charge in [-0.1, -0.05) is 6.07 Å². The molecule has 6 heteroatoms. The second-order valence-corrected chi connectivity index (χ2v) is 6.78. The average molecular weight is 335 g/mol. The number of ether oxygens (including phenoxy) is 3. The van der Waals surface area contributed by atoms with Crippen molar-refractivity contribution in [2.75, 3.05) is 13.8 Å². The average Bonchev–Trinajstić information content (AvgIpc) is 2.91. The molecule has 2 rings (SSSR count). The number of fused-ring (bicyclic) bond motifs is 1. The number of likely N-dealkylation sites (N-methyl/N-ethyl adjacent to an activating group) is 1. The molecular formula is C18H25NO5. The van der Waals surface area contributed by atoms with E-state index in [1.54, 1.807) is 25.8 Å². The Labute approximate surface area is 142 Å². The SMILES string of the molecule is CC(=O)OC(C)(C)CC(=O)N(C)C(C)Cc1ccc2c(c1)OCO2. The molecule has 1 aromatic rings. The van der Waals surface area contributed by atoms with Crippen LogP contribution in [0.2, 0.25) is 0 Å². The fraction of sp³-hybridized carbons (Fsp3) is 0.556. The monoisotopic (exact) mass is 335 g/mol. The molecule has 0 radical (unpaired) electrons. The van der Waals surface area contributed by atoms with Gasteiger partial charge in [-0.25, -0.2) is 0 Å². The van der Waals surface area contributed by atoms with E-state index in [9.17, 15) is 9.59 Å². The summed E-state index contributed by atoms with van der Waals surface area (Å²) < 4.78 is 15.9. The van der Waals surface area contributed by atoms with Crippen molar-refractivity contribution in [2.24, 2.45) is 0 Å². The zero-order valence-electron chi connectivity index (χ0n) is 14.9. The van der Waals surface area contributed by atoms with Gasteiger partial charge in [0.15, 0.2) is 11.5 Å². The zero-order valence-corrected chi connectivity index (χ0v) is 14.9. The number of nitrogens with zero attached hydrogens (tertiary/aromatic N) is 1. The Kier molecular flexibility index (Phi) is 5.36. The van der Waals surface area contributed by atoms with Crippen LogP contribution >= 0.6 is 0 Å². The summed E-state index contributed by atoms with van der Waals surface area (Å²) >= 11 is 0. The lowest BCUT2D eigenvalue weighted by Crippen LogP contribution is -2.41. The van der Waals surface area contributed by atoms with Crippen molar-refractivity contribution >= 4 is 11.9 Å². The lowest BCUT2D eigenvalue weighted by Gasteiger charge is -2.30. The van der Waals surface area contributed by atoms with Crippen LogP contribution in [0, 0.1) is 0 Å². The molecule has 1 atom stereocenters. The largest absolute Gasteiger partial charge is 0.459 e. The van der Waals surface area contributed by atoms with Gasteiger partial charge in [0.2, 0.25) is 12.7 Å². The summed E-state index contributed by atoms with van der Waals surface area (Å²) in [6, 6.07) is 5.81. The van der Waals surface area contributed by atoms with E-state index in [1.165, 1.54) is 6.92 Å². The van der Waals surface area contributed by atoms with Gasteiger partial charge in [-0.2, -0.15) is 0 Å². The van der Waals surface area contributed by atoms with Gasteiger partial charge in [-0.15, -0.1) is 0 Å². The van der Waals surface area contributed by atoms with Crippen LogP contribution in [0.3, 0.4) is 0 Å². The number of benzene rings is 1. The lowest BCUT2D eigenvalue weighted by molar-refractivity contribution is -0.157. The maximum atomic E-state index is 12.4. The van der Waals surface area contributed by atoms with Crippen LogP contribution in [-0.2, 0) is 20.7 Å². The Morgan fingerprint density at radius 3 is 2.62 bits per heavy atom. The predicted molar refractivity (Wildman–Crippen MR) is 89.0 cm³/mol. The first-order chi connectivity index (χ1) is 11.2. The molecule has 1 aliphatic heterocycles. The van der Waals surface area contributed by atoms with Gasteiger partial charge in [0.25, 0.3) is 0 Å². The highest BCUT2D eigenvalue weighted by atomic mass is 16.7. The molecule has 1 amide bonds. The van der Waals surface area contributed by atoms with E-state index in [0.29, 0.717) is 6.42 Å². The molecule has 6 nitrogen and oxygen atoms in total. The summed E-state index contributed by atoms with van der Waals surface area (Å²) in [6.07, 6.45) is 0.849. The van der Waals surface area contributed by atoms with E-state index < -0.39 is 5.60 Å². The fourth-order valence-electron chi connectivity index (χ4n) is 2.71. The van der Waals surface area contributed by atoms with Crippen molar-refractivity contribution in [2.45, 2.75) is 52.2 Å². The Morgan fingerprint density at radius 2 is 1.96 bits per heavy atom. The Hall–Kier alpha value is -2.24. The van der Waals surface area contributed by atoms with Crippen LogP contribution in [0.25, 0.3) is 0 Å². The molecule has 0 fully saturated rings. The number of carbonyl (C=O) groups is 2. The number of hydrogen-bond acceptors (Lipinski definition) is 5. The van der Waals surface area contributed by atoms with Crippen molar-refractivity contribution in [1.29, 1.82) is 0 Å². The highest BCUT2D eigenvalue weighted by Gasteiger charge is 2.28. The van der Waals surface area contributed by atoms with Gasteiger partial charge in [-0.3, -0.25) is 9.59 Å². The molecule has 132 valence electrons. The summed E-state index contributed by atoms with van der Waals surface area (Å²) in [4.78, 5) is 25.2. The fourth-order valence-corrected chi connectivity index (χ4v) is 2.71. The van der Waals surface area contributed by atoms with E-state index in [2.05, 4.69) is 0 Å². The summed E-state index contributed by atoms with van der Waals surface area (Å²) in [6.45, 7) is 7.06. The number of carbonyl (C=O) groups excluding carboxylic acids is 2. The van der Waals surface area contributed by atoms with E-state index in [0.717, 1.165) is 17.1 Å². The maximum absolute atomic E-state index is 12.4. The first kappa shape index (κ1) is 18.1. The van der Waals surface area contributed by atoms with Crippen molar-refractivity contribution in [1.82, 2.24) is 4.90 Å². The van der Waals surface area contributed by atoms with Crippen LogP contribution in [0.4, 0.5) is 0 Å². The minimum atomic E-state index is -0.810. The highest BCUT2D eigenvalue weighted by molar-refractivity contribution is 5.78. The minimum absolute atomic E-state index is 0.00556. The van der Waals surface area contributed by atoms with Gasteiger partial charge in [0.1, 0.15) is 5.60 Å². The number of esters is 1. The third kappa shape index (κ3) is 4.63. The standard InChI is InChI=1S/C18H25NO5/c1-12(8-14-6-7-15-16(9-14)23-11-22-15)19(5)17(21)10-18(3,4)24-13(2)20/h6-7,9,12H,8,10-11H2,1-5H3. The molecule has 24 heavy (non-hydrogen) atoms. The van der Waals surface area contributed by atoms with Crippen molar-refractivity contribution in [3.8, 4) is 11.5 Å². The number of hydrogen-bond donors (Lipinski definition) is 0.